The van der Waals surface area contributed by atoms with E-state index in [4.69, 9.17) is 9.72 Å². The number of morpholine rings is 1. The van der Waals surface area contributed by atoms with Crippen LogP contribution in [0.1, 0.15) is 30.3 Å². The summed E-state index contributed by atoms with van der Waals surface area (Å²) in [7, 11) is 0. The minimum Gasteiger partial charge on any atom is -0.378 e. The first-order chi connectivity index (χ1) is 13.2. The molecule has 4 rings (SSSR count). The molecule has 7 heteroatoms. The Bertz CT molecular complexity index is 792. The summed E-state index contributed by atoms with van der Waals surface area (Å²) in [4.78, 5) is 30.1. The number of piperidine rings is 1. The van der Waals surface area contributed by atoms with Crippen molar-refractivity contribution in [3.05, 3.63) is 42.2 Å². The van der Waals surface area contributed by atoms with Gasteiger partial charge < -0.3 is 14.5 Å². The van der Waals surface area contributed by atoms with Gasteiger partial charge in [-0.3, -0.25) is 4.98 Å². The lowest BCUT2D eigenvalue weighted by molar-refractivity contribution is 0.0408. The quantitative estimate of drug-likeness (QED) is 0.815. The van der Waals surface area contributed by atoms with Crippen molar-refractivity contribution in [2.75, 3.05) is 39.4 Å². The molecule has 0 aromatic carbocycles. The Morgan fingerprint density at radius 2 is 1.93 bits per heavy atom. The van der Waals surface area contributed by atoms with E-state index in [1.54, 1.807) is 12.4 Å². The van der Waals surface area contributed by atoms with Gasteiger partial charge in [-0.15, -0.1) is 0 Å². The zero-order chi connectivity index (χ0) is 18.6. The molecule has 7 nitrogen and oxygen atoms in total. The number of hydrogen-bond acceptors (Lipinski definition) is 5. The molecule has 142 valence electrons. The molecule has 2 fully saturated rings. The van der Waals surface area contributed by atoms with Crippen LogP contribution in [0.2, 0.25) is 0 Å². The molecule has 0 radical (unpaired) electrons. The van der Waals surface area contributed by atoms with Crippen molar-refractivity contribution in [1.82, 2.24) is 24.8 Å². The van der Waals surface area contributed by atoms with Gasteiger partial charge in [0.1, 0.15) is 5.82 Å². The second kappa shape index (κ2) is 8.00. The van der Waals surface area contributed by atoms with E-state index in [1.165, 1.54) is 0 Å². The number of amides is 2. The lowest BCUT2D eigenvalue weighted by Gasteiger charge is -2.37. The number of nitrogens with zero attached hydrogens (tertiary/aromatic N) is 5. The molecule has 2 aromatic heterocycles. The van der Waals surface area contributed by atoms with Crippen LogP contribution >= 0.6 is 0 Å². The number of pyridine rings is 1. The third-order valence-electron chi connectivity index (χ3n) is 5.29. The minimum absolute atomic E-state index is 0.124. The highest BCUT2D eigenvalue weighted by Gasteiger charge is 2.30. The number of aryl methyl sites for hydroxylation is 1. The van der Waals surface area contributed by atoms with E-state index in [0.29, 0.717) is 32.8 Å². The van der Waals surface area contributed by atoms with Crippen LogP contribution in [0.25, 0.3) is 11.1 Å². The Kier molecular flexibility index (Phi) is 5.29. The number of carbonyl (C=O) groups is 1. The second-order valence-corrected chi connectivity index (χ2v) is 7.12. The van der Waals surface area contributed by atoms with E-state index in [-0.39, 0.29) is 11.9 Å². The monoisotopic (exact) mass is 367 g/mol. The van der Waals surface area contributed by atoms with Gasteiger partial charge in [0.15, 0.2) is 0 Å². The minimum atomic E-state index is 0.124. The molecule has 2 saturated heterocycles. The number of carbonyl (C=O) groups excluding carboxylic acids is 1. The predicted octanol–water partition coefficient (Wildman–Crippen LogP) is 2.48. The van der Waals surface area contributed by atoms with Gasteiger partial charge >= 0.3 is 6.03 Å². The maximum absolute atomic E-state index is 12.9. The molecule has 2 amide bonds. The normalized spacial score (nSPS) is 20.6. The highest BCUT2D eigenvalue weighted by Crippen LogP contribution is 2.33. The molecule has 2 aromatic rings. The second-order valence-electron chi connectivity index (χ2n) is 7.12. The summed E-state index contributed by atoms with van der Waals surface area (Å²) in [6.45, 7) is 6.02. The van der Waals surface area contributed by atoms with Crippen LogP contribution in [-0.2, 0) is 4.74 Å². The first-order valence-electron chi connectivity index (χ1n) is 9.58. The van der Waals surface area contributed by atoms with Crippen LogP contribution in [0.4, 0.5) is 4.79 Å². The highest BCUT2D eigenvalue weighted by atomic mass is 16.5. The Morgan fingerprint density at radius 3 is 2.70 bits per heavy atom. The van der Waals surface area contributed by atoms with Gasteiger partial charge in [-0.05, 0) is 37.5 Å². The van der Waals surface area contributed by atoms with Crippen LogP contribution in [0.15, 0.2) is 30.7 Å². The molecule has 0 aliphatic carbocycles. The van der Waals surface area contributed by atoms with Crippen molar-refractivity contribution in [1.29, 1.82) is 0 Å². The van der Waals surface area contributed by atoms with E-state index >= 15 is 0 Å². The van der Waals surface area contributed by atoms with Gasteiger partial charge in [-0.1, -0.05) is 0 Å². The summed E-state index contributed by atoms with van der Waals surface area (Å²) >= 11 is 0. The largest absolute Gasteiger partial charge is 0.378 e. The van der Waals surface area contributed by atoms with E-state index < -0.39 is 0 Å². The van der Waals surface area contributed by atoms with Gasteiger partial charge in [0.2, 0.25) is 0 Å². The van der Waals surface area contributed by atoms with Gasteiger partial charge in [0.05, 0.1) is 18.9 Å². The van der Waals surface area contributed by atoms with Crippen molar-refractivity contribution in [3.8, 4) is 11.1 Å². The van der Waals surface area contributed by atoms with E-state index in [9.17, 15) is 4.79 Å². The summed E-state index contributed by atoms with van der Waals surface area (Å²) in [5.41, 5.74) is 3.14. The summed E-state index contributed by atoms with van der Waals surface area (Å²) in [5.74, 6) is 0.980. The zero-order valence-electron chi connectivity index (χ0n) is 15.7. The van der Waals surface area contributed by atoms with Gasteiger partial charge in [0, 0.05) is 56.3 Å². The van der Waals surface area contributed by atoms with Gasteiger partial charge in [-0.2, -0.15) is 0 Å². The van der Waals surface area contributed by atoms with Crippen LogP contribution in [-0.4, -0.2) is 70.2 Å². The first-order valence-corrected chi connectivity index (χ1v) is 9.58. The fourth-order valence-electron chi connectivity index (χ4n) is 3.88. The Balaban J connectivity index is 1.58. The molecule has 0 N–H and O–H groups in total. The van der Waals surface area contributed by atoms with Crippen molar-refractivity contribution in [3.63, 3.8) is 0 Å². The standard InChI is InChI=1S/C20H25N5O2/c1-15-22-13-18(16-4-6-21-7-5-16)19(23-15)17-3-2-8-25(14-17)20(26)24-9-11-27-12-10-24/h4-7,13,17H,2-3,8-12,14H2,1H3/t17-/m1/s1. The molecule has 2 aliphatic rings. The fourth-order valence-corrected chi connectivity index (χ4v) is 3.88. The topological polar surface area (TPSA) is 71.5 Å². The van der Waals surface area contributed by atoms with Crippen molar-refractivity contribution >= 4 is 6.03 Å². The lowest BCUT2D eigenvalue weighted by atomic mass is 9.90. The van der Waals surface area contributed by atoms with E-state index in [1.807, 2.05) is 35.1 Å². The fraction of sp³-hybridized carbons (Fsp3) is 0.500. The molecule has 0 spiro atoms. The molecule has 0 unspecified atom stereocenters. The Morgan fingerprint density at radius 1 is 1.15 bits per heavy atom. The Hall–Kier alpha value is -2.54. The lowest BCUT2D eigenvalue weighted by Crippen LogP contribution is -2.50. The van der Waals surface area contributed by atoms with Crippen molar-refractivity contribution in [2.45, 2.75) is 25.7 Å². The maximum Gasteiger partial charge on any atom is 0.320 e. The summed E-state index contributed by atoms with van der Waals surface area (Å²) < 4.78 is 5.37. The summed E-state index contributed by atoms with van der Waals surface area (Å²) in [6.07, 6.45) is 7.49. The number of rotatable bonds is 2. The number of aromatic nitrogens is 3. The van der Waals surface area contributed by atoms with Gasteiger partial charge in [-0.25, -0.2) is 14.8 Å². The average molecular weight is 367 g/mol. The van der Waals surface area contributed by atoms with Crippen molar-refractivity contribution < 1.29 is 9.53 Å². The number of likely N-dealkylation sites (tertiary alicyclic amines) is 1. The van der Waals surface area contributed by atoms with E-state index in [0.717, 1.165) is 42.0 Å². The summed E-state index contributed by atoms with van der Waals surface area (Å²) in [5, 5.41) is 0. The van der Waals surface area contributed by atoms with Crippen LogP contribution in [0.5, 0.6) is 0 Å². The zero-order valence-corrected chi connectivity index (χ0v) is 15.7. The van der Waals surface area contributed by atoms with E-state index in [2.05, 4.69) is 9.97 Å². The number of ether oxygens (including phenoxy) is 1. The van der Waals surface area contributed by atoms with Crippen LogP contribution in [0.3, 0.4) is 0 Å². The molecular weight excluding hydrogens is 342 g/mol. The highest BCUT2D eigenvalue weighted by molar-refractivity contribution is 5.75. The molecule has 1 atom stereocenters. The first kappa shape index (κ1) is 17.9. The third kappa shape index (κ3) is 3.93. The number of hydrogen-bond donors (Lipinski definition) is 0. The Labute approximate surface area is 159 Å². The smallest absolute Gasteiger partial charge is 0.320 e. The SMILES string of the molecule is Cc1ncc(-c2ccncc2)c([C@@H]2CCCN(C(=O)N3CCOCC3)C2)n1. The van der Waals surface area contributed by atoms with Crippen LogP contribution < -0.4 is 0 Å². The predicted molar refractivity (Wildman–Crippen MR) is 101 cm³/mol. The number of urea groups is 1. The molecule has 2 aliphatic heterocycles. The third-order valence-corrected chi connectivity index (χ3v) is 5.29. The molecule has 27 heavy (non-hydrogen) atoms. The molecule has 4 heterocycles. The maximum atomic E-state index is 12.9. The molecular formula is C20H25N5O2. The van der Waals surface area contributed by atoms with Crippen LogP contribution in [0, 0.1) is 6.92 Å². The molecule has 0 bridgehead atoms. The average Bonchev–Trinajstić information content (AvgIpc) is 2.74. The molecule has 0 saturated carbocycles. The van der Waals surface area contributed by atoms with Gasteiger partial charge in [0.25, 0.3) is 0 Å². The summed E-state index contributed by atoms with van der Waals surface area (Å²) in [6, 6.07) is 4.09. The van der Waals surface area contributed by atoms with Crippen molar-refractivity contribution in [2.24, 2.45) is 0 Å².